The lowest BCUT2D eigenvalue weighted by atomic mass is 10.3. The van der Waals surface area contributed by atoms with E-state index in [9.17, 15) is 13.2 Å². The van der Waals surface area contributed by atoms with Gasteiger partial charge in [0.15, 0.2) is 0 Å². The molecule has 0 spiro atoms. The molecule has 0 rings (SSSR count). The predicted molar refractivity (Wildman–Crippen MR) is 36.4 cm³/mol. The Kier molecular flexibility index (Phi) is 6.50. The minimum Gasteiger partial charge on any atom is -0.314 e. The molecule has 0 aliphatic heterocycles. The molecule has 70 valence electrons. The summed E-state index contributed by atoms with van der Waals surface area (Å²) >= 11 is 0. The van der Waals surface area contributed by atoms with E-state index >= 15 is 0 Å². The molecule has 0 fully saturated rings. The number of alkyl halides is 3. The first-order valence-corrected chi connectivity index (χ1v) is 3.34. The molecule has 0 saturated heterocycles. The van der Waals surface area contributed by atoms with Crippen molar-refractivity contribution in [1.82, 2.24) is 5.06 Å². The quantitative estimate of drug-likeness (QED) is 0.615. The van der Waals surface area contributed by atoms with E-state index < -0.39 is 12.2 Å². The zero-order valence-corrected chi connectivity index (χ0v) is 7.11. The van der Waals surface area contributed by atoms with Gasteiger partial charge in [-0.3, -0.25) is 0 Å². The molecule has 1 unspecified atom stereocenters. The largest absolute Gasteiger partial charge is 0.406 e. The Hall–Kier alpha value is -0.290. The third kappa shape index (κ3) is 6.12. The van der Waals surface area contributed by atoms with Crippen LogP contribution in [0.15, 0.2) is 0 Å². The summed E-state index contributed by atoms with van der Waals surface area (Å²) in [5, 5.41) is 8.39. The molecule has 0 saturated carbocycles. The molecule has 2 nitrogen and oxygen atoms in total. The molecule has 0 aliphatic carbocycles. The minimum atomic E-state index is -4.34. The average molecular weight is 173 g/mol. The molecular formula is C6H14F3NO. The van der Waals surface area contributed by atoms with Crippen LogP contribution >= 0.6 is 0 Å². The van der Waals surface area contributed by atoms with E-state index in [1.807, 2.05) is 13.8 Å². The van der Waals surface area contributed by atoms with Crippen LogP contribution in [0.2, 0.25) is 0 Å². The topological polar surface area (TPSA) is 23.5 Å². The maximum atomic E-state index is 11.5. The first kappa shape index (κ1) is 13.3. The van der Waals surface area contributed by atoms with Crippen LogP contribution in [0.1, 0.15) is 20.8 Å². The van der Waals surface area contributed by atoms with Crippen LogP contribution in [0.3, 0.4) is 0 Å². The predicted octanol–water partition coefficient (Wildman–Crippen LogP) is 2.28. The number of hydroxylamine groups is 2. The van der Waals surface area contributed by atoms with E-state index in [2.05, 4.69) is 0 Å². The standard InChI is InChI=1S/C4H8F3NO.C2H6/c1-3(8(2)9)4(5,6)7;1-2/h3,9H,1-2H3;1-2H3. The van der Waals surface area contributed by atoms with Crippen LogP contribution in [-0.2, 0) is 0 Å². The summed E-state index contributed by atoms with van der Waals surface area (Å²) in [7, 11) is 0.957. The fraction of sp³-hybridized carbons (Fsp3) is 1.00. The van der Waals surface area contributed by atoms with E-state index in [0.717, 1.165) is 14.0 Å². The van der Waals surface area contributed by atoms with Gasteiger partial charge in [0, 0.05) is 7.05 Å². The van der Waals surface area contributed by atoms with Crippen LogP contribution in [-0.4, -0.2) is 29.5 Å². The second-order valence-electron chi connectivity index (χ2n) is 1.79. The molecule has 5 heteroatoms. The Morgan fingerprint density at radius 1 is 1.27 bits per heavy atom. The average Bonchev–Trinajstić information content (AvgIpc) is 1.89. The van der Waals surface area contributed by atoms with Gasteiger partial charge in [0.25, 0.3) is 0 Å². The molecule has 0 heterocycles. The summed E-state index contributed by atoms with van der Waals surface area (Å²) in [6.07, 6.45) is -4.34. The molecule has 11 heavy (non-hydrogen) atoms. The monoisotopic (exact) mass is 173 g/mol. The fourth-order valence-electron chi connectivity index (χ4n) is 0.212. The van der Waals surface area contributed by atoms with E-state index in [1.54, 1.807) is 0 Å². The number of hydrogen-bond donors (Lipinski definition) is 1. The van der Waals surface area contributed by atoms with Crippen molar-refractivity contribution in [3.63, 3.8) is 0 Å². The molecule has 1 atom stereocenters. The molecule has 1 N–H and O–H groups in total. The van der Waals surface area contributed by atoms with Crippen molar-refractivity contribution in [3.8, 4) is 0 Å². The summed E-state index contributed by atoms with van der Waals surface area (Å²) in [5.74, 6) is 0. The molecule has 0 bridgehead atoms. The first-order valence-electron chi connectivity index (χ1n) is 3.34. The Morgan fingerprint density at radius 3 is 1.55 bits per heavy atom. The number of rotatable bonds is 1. The van der Waals surface area contributed by atoms with E-state index in [1.165, 1.54) is 0 Å². The zero-order valence-electron chi connectivity index (χ0n) is 7.11. The minimum absolute atomic E-state index is 0.125. The summed E-state index contributed by atoms with van der Waals surface area (Å²) < 4.78 is 34.5. The Morgan fingerprint density at radius 2 is 1.55 bits per heavy atom. The molecule has 0 aromatic heterocycles. The third-order valence-corrected chi connectivity index (χ3v) is 1.03. The van der Waals surface area contributed by atoms with Gasteiger partial charge in [0.1, 0.15) is 6.04 Å². The highest BCUT2D eigenvalue weighted by Gasteiger charge is 2.38. The smallest absolute Gasteiger partial charge is 0.314 e. The van der Waals surface area contributed by atoms with Crippen LogP contribution in [0.4, 0.5) is 13.2 Å². The number of hydrogen-bond acceptors (Lipinski definition) is 2. The van der Waals surface area contributed by atoms with Gasteiger partial charge in [0.2, 0.25) is 0 Å². The van der Waals surface area contributed by atoms with Gasteiger partial charge in [-0.1, -0.05) is 13.8 Å². The van der Waals surface area contributed by atoms with Gasteiger partial charge in [-0.25, -0.2) is 0 Å². The van der Waals surface area contributed by atoms with Gasteiger partial charge in [-0.05, 0) is 6.92 Å². The number of halogens is 3. The van der Waals surface area contributed by atoms with Gasteiger partial charge in [0.05, 0.1) is 0 Å². The van der Waals surface area contributed by atoms with Gasteiger partial charge in [-0.2, -0.15) is 18.2 Å². The van der Waals surface area contributed by atoms with E-state index in [0.29, 0.717) is 0 Å². The highest BCUT2D eigenvalue weighted by molar-refractivity contribution is 4.64. The molecule has 0 aromatic carbocycles. The SMILES string of the molecule is CC.CC(N(C)O)C(F)(F)F. The van der Waals surface area contributed by atoms with Crippen LogP contribution in [0.5, 0.6) is 0 Å². The van der Waals surface area contributed by atoms with Crippen molar-refractivity contribution in [2.45, 2.75) is 33.0 Å². The maximum absolute atomic E-state index is 11.5. The van der Waals surface area contributed by atoms with Gasteiger partial charge in [-0.15, -0.1) is 0 Å². The van der Waals surface area contributed by atoms with Crippen molar-refractivity contribution in [2.75, 3.05) is 7.05 Å². The summed E-state index contributed by atoms with van der Waals surface area (Å²) in [6, 6.07) is -1.79. The summed E-state index contributed by atoms with van der Waals surface area (Å²) in [5.41, 5.74) is 0. The lowest BCUT2D eigenvalue weighted by Crippen LogP contribution is -2.38. The Labute approximate surface area is 64.6 Å². The molecule has 0 aliphatic rings. The fourth-order valence-corrected chi connectivity index (χ4v) is 0.212. The van der Waals surface area contributed by atoms with Crippen LogP contribution < -0.4 is 0 Å². The zero-order chi connectivity index (χ0) is 9.65. The third-order valence-electron chi connectivity index (χ3n) is 1.03. The first-order chi connectivity index (χ1) is 4.85. The van der Waals surface area contributed by atoms with Crippen molar-refractivity contribution in [3.05, 3.63) is 0 Å². The van der Waals surface area contributed by atoms with E-state index in [-0.39, 0.29) is 5.06 Å². The van der Waals surface area contributed by atoms with Crippen molar-refractivity contribution in [1.29, 1.82) is 0 Å². The summed E-state index contributed by atoms with van der Waals surface area (Å²) in [6.45, 7) is 4.88. The highest BCUT2D eigenvalue weighted by Crippen LogP contribution is 2.22. The van der Waals surface area contributed by atoms with Crippen LogP contribution in [0, 0.1) is 0 Å². The Bertz CT molecular complexity index is 92.3. The van der Waals surface area contributed by atoms with Crippen LogP contribution in [0.25, 0.3) is 0 Å². The van der Waals surface area contributed by atoms with E-state index in [4.69, 9.17) is 5.21 Å². The molecular weight excluding hydrogens is 159 g/mol. The summed E-state index contributed by atoms with van der Waals surface area (Å²) in [4.78, 5) is 0. The Balaban J connectivity index is 0. The maximum Gasteiger partial charge on any atom is 0.406 e. The lowest BCUT2D eigenvalue weighted by Gasteiger charge is -2.20. The molecule has 0 aromatic rings. The molecule has 0 amide bonds. The second kappa shape index (κ2) is 5.37. The second-order valence-corrected chi connectivity index (χ2v) is 1.79. The normalized spacial score (nSPS) is 13.9. The van der Waals surface area contributed by atoms with Crippen molar-refractivity contribution >= 4 is 0 Å². The highest BCUT2D eigenvalue weighted by atomic mass is 19.4. The van der Waals surface area contributed by atoms with Crippen molar-refractivity contribution < 1.29 is 18.4 Å². The molecule has 0 radical (unpaired) electrons. The van der Waals surface area contributed by atoms with Gasteiger partial charge < -0.3 is 5.21 Å². The van der Waals surface area contributed by atoms with Gasteiger partial charge >= 0.3 is 6.18 Å². The van der Waals surface area contributed by atoms with Crippen molar-refractivity contribution in [2.24, 2.45) is 0 Å². The number of nitrogens with zero attached hydrogens (tertiary/aromatic N) is 1. The lowest BCUT2D eigenvalue weighted by molar-refractivity contribution is -0.236.